The molecule has 0 radical (unpaired) electrons. The van der Waals surface area contributed by atoms with Crippen molar-refractivity contribution in [1.82, 2.24) is 15.1 Å². The molecule has 0 amide bonds. The summed E-state index contributed by atoms with van der Waals surface area (Å²) in [6, 6.07) is 13.7. The number of nitrogens with zero attached hydrogens (tertiary/aromatic N) is 4. The molecule has 0 aliphatic carbocycles. The number of fused-ring (bicyclic) bond motifs is 1. The van der Waals surface area contributed by atoms with Crippen molar-refractivity contribution in [3.05, 3.63) is 64.8 Å². The van der Waals surface area contributed by atoms with E-state index in [4.69, 9.17) is 23.2 Å². The van der Waals surface area contributed by atoms with Crippen molar-refractivity contribution >= 4 is 46.1 Å². The van der Waals surface area contributed by atoms with Gasteiger partial charge < -0.3 is 9.80 Å². The maximum atomic E-state index is 10.5. The first kappa shape index (κ1) is 18.7. The van der Waals surface area contributed by atoms with Gasteiger partial charge in [-0.3, -0.25) is 4.79 Å². The topological polar surface area (TPSA) is 49.3 Å². The number of anilines is 1. The van der Waals surface area contributed by atoms with Crippen LogP contribution in [-0.2, 0) is 4.79 Å². The van der Waals surface area contributed by atoms with E-state index >= 15 is 0 Å². The van der Waals surface area contributed by atoms with Gasteiger partial charge in [-0.1, -0.05) is 53.5 Å². The molecule has 0 atom stereocenters. The minimum Gasteiger partial charge on any atom is -0.374 e. The third-order valence-electron chi connectivity index (χ3n) is 4.84. The molecule has 0 N–H and O–H groups in total. The Morgan fingerprint density at radius 3 is 2.25 bits per heavy atom. The highest BCUT2D eigenvalue weighted by Gasteiger charge is 2.21. The summed E-state index contributed by atoms with van der Waals surface area (Å²) in [6.07, 6.45) is 4.13. The summed E-state index contributed by atoms with van der Waals surface area (Å²) in [5.74, 6) is 0.798. The molecule has 0 spiro atoms. The van der Waals surface area contributed by atoms with Crippen LogP contribution in [0.3, 0.4) is 0 Å². The number of aldehydes is 1. The molecule has 4 rings (SSSR count). The maximum Gasteiger partial charge on any atom is 0.159 e. The zero-order chi connectivity index (χ0) is 19.5. The van der Waals surface area contributed by atoms with Crippen molar-refractivity contribution in [3.63, 3.8) is 0 Å². The standard InChI is InChI=1S/C21H18Cl2N4O/c22-18-13-16-17(14-19(18)23)21(25-24-20(16)15-5-2-1-3-6-15)27-10-8-26(9-11-27)7-4-12-28/h1-7,12-14H,8-11H2. The van der Waals surface area contributed by atoms with E-state index in [1.165, 1.54) is 6.08 Å². The molecule has 1 aliphatic rings. The van der Waals surface area contributed by atoms with Gasteiger partial charge in [0.05, 0.1) is 10.0 Å². The number of carbonyl (C=O) groups is 1. The molecule has 5 nitrogen and oxygen atoms in total. The van der Waals surface area contributed by atoms with Gasteiger partial charge in [-0.2, -0.15) is 0 Å². The SMILES string of the molecule is O=CC=CN1CCN(c2nnc(-c3ccccc3)c3cc(Cl)c(Cl)cc23)CC1. The van der Waals surface area contributed by atoms with Crippen LogP contribution in [0.15, 0.2) is 54.7 Å². The molecule has 2 heterocycles. The molecule has 3 aromatic rings. The highest BCUT2D eigenvalue weighted by atomic mass is 35.5. The number of rotatable bonds is 4. The molecule has 1 fully saturated rings. The van der Waals surface area contributed by atoms with Crippen LogP contribution < -0.4 is 4.90 Å². The van der Waals surface area contributed by atoms with Gasteiger partial charge >= 0.3 is 0 Å². The number of aromatic nitrogens is 2. The number of carbonyl (C=O) groups excluding carboxylic acids is 1. The fourth-order valence-corrected chi connectivity index (χ4v) is 3.74. The second-order valence-electron chi connectivity index (χ2n) is 6.55. The van der Waals surface area contributed by atoms with Gasteiger partial charge in [-0.15, -0.1) is 10.2 Å². The van der Waals surface area contributed by atoms with Gasteiger partial charge in [0.25, 0.3) is 0 Å². The van der Waals surface area contributed by atoms with E-state index < -0.39 is 0 Å². The van der Waals surface area contributed by atoms with E-state index in [2.05, 4.69) is 20.0 Å². The lowest BCUT2D eigenvalue weighted by atomic mass is 10.0. The van der Waals surface area contributed by atoms with Crippen molar-refractivity contribution < 1.29 is 4.79 Å². The molecular weight excluding hydrogens is 395 g/mol. The molecule has 2 aromatic carbocycles. The van der Waals surface area contributed by atoms with Crippen LogP contribution in [0.5, 0.6) is 0 Å². The lowest BCUT2D eigenvalue weighted by Gasteiger charge is -2.35. The lowest BCUT2D eigenvalue weighted by Crippen LogP contribution is -2.44. The van der Waals surface area contributed by atoms with E-state index in [1.807, 2.05) is 48.7 Å². The predicted octanol–water partition coefficient (Wildman–Crippen LogP) is 4.44. The van der Waals surface area contributed by atoms with Crippen LogP contribution in [0.4, 0.5) is 5.82 Å². The van der Waals surface area contributed by atoms with Crippen molar-refractivity contribution in [2.45, 2.75) is 0 Å². The van der Waals surface area contributed by atoms with Gasteiger partial charge in [0, 0.05) is 48.7 Å². The first-order chi connectivity index (χ1) is 13.7. The second-order valence-corrected chi connectivity index (χ2v) is 7.37. The van der Waals surface area contributed by atoms with Crippen LogP contribution in [0.25, 0.3) is 22.0 Å². The van der Waals surface area contributed by atoms with Crippen molar-refractivity contribution in [3.8, 4) is 11.3 Å². The normalized spacial score (nSPS) is 14.8. The Labute approximate surface area is 173 Å². The number of allylic oxidation sites excluding steroid dienone is 1. The summed E-state index contributed by atoms with van der Waals surface area (Å²) < 4.78 is 0. The Hall–Kier alpha value is -2.63. The van der Waals surface area contributed by atoms with Crippen LogP contribution in [0, 0.1) is 0 Å². The van der Waals surface area contributed by atoms with Gasteiger partial charge in [0.15, 0.2) is 5.82 Å². The molecular formula is C21H18Cl2N4O. The third-order valence-corrected chi connectivity index (χ3v) is 5.56. The van der Waals surface area contributed by atoms with Crippen LogP contribution in [-0.4, -0.2) is 47.6 Å². The van der Waals surface area contributed by atoms with Crippen LogP contribution in [0.1, 0.15) is 0 Å². The zero-order valence-electron chi connectivity index (χ0n) is 15.1. The zero-order valence-corrected chi connectivity index (χ0v) is 16.6. The molecule has 1 aliphatic heterocycles. The first-order valence-corrected chi connectivity index (χ1v) is 9.75. The molecule has 142 valence electrons. The molecule has 0 saturated carbocycles. The number of piperazine rings is 1. The van der Waals surface area contributed by atoms with Crippen molar-refractivity contribution in [2.75, 3.05) is 31.1 Å². The Kier molecular flexibility index (Phi) is 5.46. The fourth-order valence-electron chi connectivity index (χ4n) is 3.42. The smallest absolute Gasteiger partial charge is 0.159 e. The average Bonchev–Trinajstić information content (AvgIpc) is 2.73. The summed E-state index contributed by atoms with van der Waals surface area (Å²) in [4.78, 5) is 14.8. The van der Waals surface area contributed by atoms with E-state index in [0.717, 1.165) is 60.3 Å². The van der Waals surface area contributed by atoms with E-state index in [-0.39, 0.29) is 0 Å². The highest BCUT2D eigenvalue weighted by Crippen LogP contribution is 2.36. The van der Waals surface area contributed by atoms with Crippen LogP contribution in [0.2, 0.25) is 10.0 Å². The lowest BCUT2D eigenvalue weighted by molar-refractivity contribution is -0.104. The second kappa shape index (κ2) is 8.17. The van der Waals surface area contributed by atoms with Gasteiger partial charge in [0.1, 0.15) is 12.0 Å². The van der Waals surface area contributed by atoms with Crippen molar-refractivity contribution in [1.29, 1.82) is 0 Å². The Morgan fingerprint density at radius 2 is 1.57 bits per heavy atom. The van der Waals surface area contributed by atoms with E-state index in [1.54, 1.807) is 0 Å². The number of benzene rings is 2. The monoisotopic (exact) mass is 412 g/mol. The Morgan fingerprint density at radius 1 is 0.893 bits per heavy atom. The van der Waals surface area contributed by atoms with Crippen molar-refractivity contribution in [2.24, 2.45) is 0 Å². The third kappa shape index (κ3) is 3.68. The minimum absolute atomic E-state index is 0.495. The summed E-state index contributed by atoms with van der Waals surface area (Å²) in [7, 11) is 0. The summed E-state index contributed by atoms with van der Waals surface area (Å²) in [5.41, 5.74) is 1.76. The maximum absolute atomic E-state index is 10.5. The number of hydrogen-bond donors (Lipinski definition) is 0. The molecule has 0 unspecified atom stereocenters. The Balaban J connectivity index is 1.75. The van der Waals surface area contributed by atoms with Gasteiger partial charge in [-0.05, 0) is 18.2 Å². The average molecular weight is 413 g/mol. The molecule has 1 aromatic heterocycles. The summed E-state index contributed by atoms with van der Waals surface area (Å²) >= 11 is 12.6. The van der Waals surface area contributed by atoms with Crippen LogP contribution >= 0.6 is 23.2 Å². The highest BCUT2D eigenvalue weighted by molar-refractivity contribution is 6.43. The molecule has 7 heteroatoms. The van der Waals surface area contributed by atoms with E-state index in [0.29, 0.717) is 10.0 Å². The fraction of sp³-hybridized carbons (Fsp3) is 0.190. The van der Waals surface area contributed by atoms with Gasteiger partial charge in [0.2, 0.25) is 0 Å². The molecule has 1 saturated heterocycles. The quantitative estimate of drug-likeness (QED) is 0.468. The van der Waals surface area contributed by atoms with Gasteiger partial charge in [-0.25, -0.2) is 0 Å². The molecule has 0 bridgehead atoms. The van der Waals surface area contributed by atoms with E-state index in [9.17, 15) is 4.79 Å². The predicted molar refractivity (Wildman–Crippen MR) is 114 cm³/mol. The molecule has 28 heavy (non-hydrogen) atoms. The largest absolute Gasteiger partial charge is 0.374 e. The summed E-state index contributed by atoms with van der Waals surface area (Å²) in [5, 5.41) is 11.9. The Bertz CT molecular complexity index is 1030. The number of hydrogen-bond acceptors (Lipinski definition) is 5. The number of halogens is 2. The first-order valence-electron chi connectivity index (χ1n) is 8.99. The summed E-state index contributed by atoms with van der Waals surface area (Å²) in [6.45, 7) is 3.15. The minimum atomic E-state index is 0.495.